The fraction of sp³-hybridized carbons (Fsp3) is 0.923. The molecule has 1 rings (SSSR count). The molecule has 1 aliphatic rings. The first-order chi connectivity index (χ1) is 6.77. The first kappa shape index (κ1) is 11.7. The lowest BCUT2D eigenvalue weighted by Crippen LogP contribution is -2.14. The van der Waals surface area contributed by atoms with E-state index in [1.54, 1.807) is 0 Å². The molecule has 0 unspecified atom stereocenters. The summed E-state index contributed by atoms with van der Waals surface area (Å²) in [4.78, 5) is 11.9. The summed E-state index contributed by atoms with van der Waals surface area (Å²) in [5, 5.41) is 0. The van der Waals surface area contributed by atoms with Crippen LogP contribution in [0.2, 0.25) is 0 Å². The van der Waals surface area contributed by atoms with Crippen LogP contribution in [0.3, 0.4) is 0 Å². The Morgan fingerprint density at radius 3 is 2.21 bits per heavy atom. The molecule has 0 amide bonds. The van der Waals surface area contributed by atoms with Crippen LogP contribution in [0.5, 0.6) is 0 Å². The molecule has 1 fully saturated rings. The molecule has 0 heterocycles. The molecule has 0 saturated heterocycles. The van der Waals surface area contributed by atoms with Crippen LogP contribution in [-0.4, -0.2) is 5.78 Å². The van der Waals surface area contributed by atoms with E-state index in [4.69, 9.17) is 0 Å². The molecule has 0 aliphatic heterocycles. The van der Waals surface area contributed by atoms with E-state index in [1.807, 2.05) is 0 Å². The minimum absolute atomic E-state index is 0.378. The SMILES string of the molecule is CCCC(CCC)C(=O)CCC1CC1. The van der Waals surface area contributed by atoms with E-state index < -0.39 is 0 Å². The molecule has 0 bridgehead atoms. The minimum atomic E-state index is 0.378. The number of Topliss-reactive ketones (excluding diaryl/α,β-unsaturated/α-hetero) is 1. The third kappa shape index (κ3) is 4.26. The lowest BCUT2D eigenvalue weighted by Gasteiger charge is -2.13. The monoisotopic (exact) mass is 196 g/mol. The average Bonchev–Trinajstić information content (AvgIpc) is 2.97. The summed E-state index contributed by atoms with van der Waals surface area (Å²) in [6, 6.07) is 0. The zero-order valence-corrected chi connectivity index (χ0v) is 9.72. The number of ketones is 1. The van der Waals surface area contributed by atoms with E-state index in [0.717, 1.165) is 38.0 Å². The van der Waals surface area contributed by atoms with Crippen molar-refractivity contribution >= 4 is 5.78 Å². The topological polar surface area (TPSA) is 17.1 Å². The summed E-state index contributed by atoms with van der Waals surface area (Å²) in [6.07, 6.45) is 9.30. The minimum Gasteiger partial charge on any atom is -0.299 e. The first-order valence-corrected chi connectivity index (χ1v) is 6.30. The van der Waals surface area contributed by atoms with E-state index in [2.05, 4.69) is 13.8 Å². The predicted molar refractivity (Wildman–Crippen MR) is 60.3 cm³/mol. The third-order valence-electron chi connectivity index (χ3n) is 3.23. The van der Waals surface area contributed by atoms with Gasteiger partial charge in [0.1, 0.15) is 5.78 Å². The van der Waals surface area contributed by atoms with Crippen molar-refractivity contribution in [3.05, 3.63) is 0 Å². The van der Waals surface area contributed by atoms with E-state index in [9.17, 15) is 4.79 Å². The largest absolute Gasteiger partial charge is 0.299 e. The van der Waals surface area contributed by atoms with Gasteiger partial charge in [-0.25, -0.2) is 0 Å². The maximum atomic E-state index is 11.9. The average molecular weight is 196 g/mol. The maximum Gasteiger partial charge on any atom is 0.135 e. The normalized spacial score (nSPS) is 16.2. The van der Waals surface area contributed by atoms with Gasteiger partial charge in [0.15, 0.2) is 0 Å². The van der Waals surface area contributed by atoms with Gasteiger partial charge in [0.25, 0.3) is 0 Å². The van der Waals surface area contributed by atoms with Crippen LogP contribution in [0.4, 0.5) is 0 Å². The van der Waals surface area contributed by atoms with Crippen LogP contribution in [0.25, 0.3) is 0 Å². The number of hydrogen-bond donors (Lipinski definition) is 0. The smallest absolute Gasteiger partial charge is 0.135 e. The second-order valence-corrected chi connectivity index (χ2v) is 4.72. The standard InChI is InChI=1S/C13H24O/c1-3-5-12(6-4-2)13(14)10-9-11-7-8-11/h11-12H,3-10H2,1-2H3. The van der Waals surface area contributed by atoms with E-state index in [-0.39, 0.29) is 0 Å². The Bertz CT molecular complexity index is 164. The Labute approximate surface area is 88.3 Å². The Kier molecular flexibility index (Phi) is 5.21. The lowest BCUT2D eigenvalue weighted by molar-refractivity contribution is -0.123. The highest BCUT2D eigenvalue weighted by molar-refractivity contribution is 5.80. The molecule has 0 radical (unpaired) electrons. The molecular formula is C13H24O. The van der Waals surface area contributed by atoms with Crippen LogP contribution in [0.1, 0.15) is 65.2 Å². The van der Waals surface area contributed by atoms with Gasteiger partial charge in [-0.15, -0.1) is 0 Å². The molecule has 1 saturated carbocycles. The summed E-state index contributed by atoms with van der Waals surface area (Å²) in [6.45, 7) is 4.35. The van der Waals surface area contributed by atoms with Crippen molar-refractivity contribution in [3.63, 3.8) is 0 Å². The molecule has 0 spiro atoms. The third-order valence-corrected chi connectivity index (χ3v) is 3.23. The van der Waals surface area contributed by atoms with Crippen LogP contribution in [0, 0.1) is 11.8 Å². The van der Waals surface area contributed by atoms with E-state index in [1.165, 1.54) is 19.3 Å². The van der Waals surface area contributed by atoms with Crippen LogP contribution in [0.15, 0.2) is 0 Å². The van der Waals surface area contributed by atoms with Crippen LogP contribution in [-0.2, 0) is 4.79 Å². The summed E-state index contributed by atoms with van der Waals surface area (Å²) in [7, 11) is 0. The van der Waals surface area contributed by atoms with Crippen molar-refractivity contribution in [1.29, 1.82) is 0 Å². The van der Waals surface area contributed by atoms with Crippen molar-refractivity contribution in [2.24, 2.45) is 11.8 Å². The van der Waals surface area contributed by atoms with Gasteiger partial charge >= 0.3 is 0 Å². The highest BCUT2D eigenvalue weighted by Crippen LogP contribution is 2.34. The van der Waals surface area contributed by atoms with Gasteiger partial charge < -0.3 is 0 Å². The van der Waals surface area contributed by atoms with Crippen molar-refractivity contribution in [2.45, 2.75) is 65.2 Å². The Hall–Kier alpha value is -0.330. The molecule has 14 heavy (non-hydrogen) atoms. The van der Waals surface area contributed by atoms with Gasteiger partial charge in [-0.05, 0) is 25.2 Å². The second-order valence-electron chi connectivity index (χ2n) is 4.72. The molecule has 1 nitrogen and oxygen atoms in total. The fourth-order valence-electron chi connectivity index (χ4n) is 2.12. The number of rotatable bonds is 8. The quantitative estimate of drug-likeness (QED) is 0.574. The van der Waals surface area contributed by atoms with Crippen molar-refractivity contribution in [2.75, 3.05) is 0 Å². The summed E-state index contributed by atoms with van der Waals surface area (Å²) >= 11 is 0. The fourth-order valence-corrected chi connectivity index (χ4v) is 2.12. The number of hydrogen-bond acceptors (Lipinski definition) is 1. The molecule has 0 aromatic heterocycles. The second kappa shape index (κ2) is 6.21. The molecule has 1 aliphatic carbocycles. The van der Waals surface area contributed by atoms with Crippen LogP contribution < -0.4 is 0 Å². The van der Waals surface area contributed by atoms with Gasteiger partial charge in [-0.3, -0.25) is 4.79 Å². The summed E-state index contributed by atoms with van der Waals surface area (Å²) in [5.74, 6) is 1.83. The molecule has 1 heteroatoms. The van der Waals surface area contributed by atoms with Crippen LogP contribution >= 0.6 is 0 Å². The highest BCUT2D eigenvalue weighted by Gasteiger charge is 2.24. The molecule has 0 aromatic rings. The summed E-state index contributed by atoms with van der Waals surface area (Å²) in [5.41, 5.74) is 0. The van der Waals surface area contributed by atoms with Crippen molar-refractivity contribution in [3.8, 4) is 0 Å². The van der Waals surface area contributed by atoms with Crippen molar-refractivity contribution < 1.29 is 4.79 Å². The highest BCUT2D eigenvalue weighted by atomic mass is 16.1. The number of carbonyl (C=O) groups excluding carboxylic acids is 1. The van der Waals surface area contributed by atoms with E-state index in [0.29, 0.717) is 11.7 Å². The predicted octanol–water partition coefficient (Wildman–Crippen LogP) is 3.96. The Morgan fingerprint density at radius 1 is 1.21 bits per heavy atom. The maximum absolute atomic E-state index is 11.9. The zero-order valence-electron chi connectivity index (χ0n) is 9.72. The van der Waals surface area contributed by atoms with Gasteiger partial charge in [-0.1, -0.05) is 39.5 Å². The van der Waals surface area contributed by atoms with Gasteiger partial charge in [0.05, 0.1) is 0 Å². The molecule has 0 N–H and O–H groups in total. The van der Waals surface area contributed by atoms with Gasteiger partial charge in [0, 0.05) is 12.3 Å². The molecule has 0 atom stereocenters. The zero-order chi connectivity index (χ0) is 10.4. The van der Waals surface area contributed by atoms with Gasteiger partial charge in [-0.2, -0.15) is 0 Å². The van der Waals surface area contributed by atoms with E-state index >= 15 is 0 Å². The Morgan fingerprint density at radius 2 is 1.79 bits per heavy atom. The molecule has 82 valence electrons. The molecular weight excluding hydrogens is 172 g/mol. The molecule has 0 aromatic carbocycles. The van der Waals surface area contributed by atoms with Crippen molar-refractivity contribution in [1.82, 2.24) is 0 Å². The van der Waals surface area contributed by atoms with Gasteiger partial charge in [0.2, 0.25) is 0 Å². The lowest BCUT2D eigenvalue weighted by atomic mass is 9.91. The Balaban J connectivity index is 2.20. The summed E-state index contributed by atoms with van der Waals surface area (Å²) < 4.78 is 0. The number of carbonyl (C=O) groups is 1. The first-order valence-electron chi connectivity index (χ1n) is 6.30.